The summed E-state index contributed by atoms with van der Waals surface area (Å²) in [5, 5.41) is 0. The molecule has 12 heavy (non-hydrogen) atoms. The minimum absolute atomic E-state index is 0.530. The molecular formula is C10H14N2. The molecule has 1 aromatic heterocycles. The van der Waals surface area contributed by atoms with Gasteiger partial charge in [-0.15, -0.1) is 0 Å². The maximum Gasteiger partial charge on any atom is 0.0464 e. The molecule has 1 aromatic rings. The fourth-order valence-corrected chi connectivity index (χ4v) is 1.75. The Balaban J connectivity index is 2.42. The van der Waals surface area contributed by atoms with Gasteiger partial charge in [-0.25, -0.2) is 0 Å². The van der Waals surface area contributed by atoms with Crippen LogP contribution in [0.4, 0.5) is 0 Å². The summed E-state index contributed by atoms with van der Waals surface area (Å²) in [7, 11) is 2.17. The lowest BCUT2D eigenvalue weighted by molar-refractivity contribution is 0.245. The van der Waals surface area contributed by atoms with E-state index in [1.807, 2.05) is 12.3 Å². The Hall–Kier alpha value is -0.890. The van der Waals surface area contributed by atoms with E-state index >= 15 is 0 Å². The van der Waals surface area contributed by atoms with Gasteiger partial charge in [-0.2, -0.15) is 0 Å². The monoisotopic (exact) mass is 162 g/mol. The van der Waals surface area contributed by atoms with Gasteiger partial charge in [0.05, 0.1) is 0 Å². The topological polar surface area (TPSA) is 16.1 Å². The SMILES string of the molecule is CC1c2cccnc2CCN1C. The number of hydrogen-bond acceptors (Lipinski definition) is 2. The number of nitrogens with zero attached hydrogens (tertiary/aromatic N) is 2. The molecule has 0 N–H and O–H groups in total. The summed E-state index contributed by atoms with van der Waals surface area (Å²) < 4.78 is 0. The Morgan fingerprint density at radius 2 is 2.42 bits per heavy atom. The van der Waals surface area contributed by atoms with Crippen LogP contribution in [0.5, 0.6) is 0 Å². The first-order valence-electron chi connectivity index (χ1n) is 4.43. The molecule has 1 aliphatic rings. The van der Waals surface area contributed by atoms with Gasteiger partial charge in [0.25, 0.3) is 0 Å². The quantitative estimate of drug-likeness (QED) is 0.576. The minimum atomic E-state index is 0.530. The van der Waals surface area contributed by atoms with E-state index in [1.54, 1.807) is 0 Å². The van der Waals surface area contributed by atoms with Gasteiger partial charge in [-0.1, -0.05) is 6.07 Å². The third-order valence-corrected chi connectivity index (χ3v) is 2.74. The largest absolute Gasteiger partial charge is 0.299 e. The summed E-state index contributed by atoms with van der Waals surface area (Å²) >= 11 is 0. The maximum atomic E-state index is 4.38. The van der Waals surface area contributed by atoms with Gasteiger partial charge in [0.1, 0.15) is 0 Å². The molecule has 1 atom stereocenters. The molecule has 0 aliphatic carbocycles. The van der Waals surface area contributed by atoms with E-state index in [4.69, 9.17) is 0 Å². The van der Waals surface area contributed by atoms with Crippen LogP contribution in [-0.4, -0.2) is 23.5 Å². The van der Waals surface area contributed by atoms with Crippen molar-refractivity contribution in [3.05, 3.63) is 29.6 Å². The number of hydrogen-bond donors (Lipinski definition) is 0. The Morgan fingerprint density at radius 3 is 3.25 bits per heavy atom. The van der Waals surface area contributed by atoms with Crippen LogP contribution in [0.2, 0.25) is 0 Å². The molecule has 2 heterocycles. The second-order valence-corrected chi connectivity index (χ2v) is 3.45. The molecule has 1 unspecified atom stereocenters. The summed E-state index contributed by atoms with van der Waals surface area (Å²) in [6, 6.07) is 4.74. The van der Waals surface area contributed by atoms with Gasteiger partial charge in [0, 0.05) is 30.9 Å². The number of fused-ring (bicyclic) bond motifs is 1. The summed E-state index contributed by atoms with van der Waals surface area (Å²) in [5.74, 6) is 0. The van der Waals surface area contributed by atoms with Crippen LogP contribution in [0.25, 0.3) is 0 Å². The zero-order chi connectivity index (χ0) is 8.55. The molecule has 0 saturated carbocycles. The van der Waals surface area contributed by atoms with Crippen molar-refractivity contribution in [2.45, 2.75) is 19.4 Å². The first kappa shape index (κ1) is 7.74. The van der Waals surface area contributed by atoms with Gasteiger partial charge in [-0.3, -0.25) is 9.88 Å². The average molecular weight is 162 g/mol. The van der Waals surface area contributed by atoms with Crippen molar-refractivity contribution >= 4 is 0 Å². The molecule has 0 saturated heterocycles. The molecule has 0 spiro atoms. The molecule has 0 radical (unpaired) electrons. The van der Waals surface area contributed by atoms with E-state index in [9.17, 15) is 0 Å². The molecule has 0 fully saturated rings. The first-order chi connectivity index (χ1) is 5.79. The summed E-state index contributed by atoms with van der Waals surface area (Å²) in [5.41, 5.74) is 2.68. The highest BCUT2D eigenvalue weighted by atomic mass is 15.1. The molecule has 1 aliphatic heterocycles. The van der Waals surface area contributed by atoms with Crippen LogP contribution < -0.4 is 0 Å². The third kappa shape index (κ3) is 1.12. The fraction of sp³-hybridized carbons (Fsp3) is 0.500. The van der Waals surface area contributed by atoms with Gasteiger partial charge in [0.2, 0.25) is 0 Å². The maximum absolute atomic E-state index is 4.38. The highest BCUT2D eigenvalue weighted by Gasteiger charge is 2.20. The standard InChI is InChI=1S/C10H14N2/c1-8-9-4-3-6-11-10(9)5-7-12(8)2/h3-4,6,8H,5,7H2,1-2H3. The summed E-state index contributed by atoms with van der Waals surface area (Å²) in [6.07, 6.45) is 2.98. The molecule has 0 aromatic carbocycles. The van der Waals surface area contributed by atoms with Crippen molar-refractivity contribution in [3.63, 3.8) is 0 Å². The van der Waals surface area contributed by atoms with Crippen molar-refractivity contribution in [1.29, 1.82) is 0 Å². The lowest BCUT2D eigenvalue weighted by Crippen LogP contribution is -2.30. The number of pyridine rings is 1. The van der Waals surface area contributed by atoms with Crippen molar-refractivity contribution in [3.8, 4) is 0 Å². The van der Waals surface area contributed by atoms with Crippen molar-refractivity contribution in [2.75, 3.05) is 13.6 Å². The minimum Gasteiger partial charge on any atom is -0.299 e. The van der Waals surface area contributed by atoms with Crippen LogP contribution in [0.15, 0.2) is 18.3 Å². The lowest BCUT2D eigenvalue weighted by atomic mass is 9.99. The van der Waals surface area contributed by atoms with E-state index in [-0.39, 0.29) is 0 Å². The molecule has 0 amide bonds. The predicted molar refractivity (Wildman–Crippen MR) is 49.0 cm³/mol. The van der Waals surface area contributed by atoms with Crippen LogP contribution in [0, 0.1) is 0 Å². The van der Waals surface area contributed by atoms with Crippen molar-refractivity contribution in [2.24, 2.45) is 0 Å². The molecular weight excluding hydrogens is 148 g/mol. The van der Waals surface area contributed by atoms with E-state index < -0.39 is 0 Å². The molecule has 64 valence electrons. The molecule has 2 heteroatoms. The average Bonchev–Trinajstić information content (AvgIpc) is 2.12. The number of likely N-dealkylation sites (N-methyl/N-ethyl adjacent to an activating group) is 1. The third-order valence-electron chi connectivity index (χ3n) is 2.74. The fourth-order valence-electron chi connectivity index (χ4n) is 1.75. The second kappa shape index (κ2) is 2.87. The van der Waals surface area contributed by atoms with Crippen molar-refractivity contribution < 1.29 is 0 Å². The molecule has 2 nitrogen and oxygen atoms in total. The first-order valence-corrected chi connectivity index (χ1v) is 4.43. The Kier molecular flexibility index (Phi) is 1.85. The lowest BCUT2D eigenvalue weighted by Gasteiger charge is -2.30. The van der Waals surface area contributed by atoms with Gasteiger partial charge >= 0.3 is 0 Å². The zero-order valence-corrected chi connectivity index (χ0v) is 7.62. The van der Waals surface area contributed by atoms with E-state index in [1.165, 1.54) is 11.3 Å². The molecule has 0 bridgehead atoms. The number of aromatic nitrogens is 1. The van der Waals surface area contributed by atoms with Crippen LogP contribution in [-0.2, 0) is 6.42 Å². The van der Waals surface area contributed by atoms with Crippen LogP contribution >= 0.6 is 0 Å². The van der Waals surface area contributed by atoms with Crippen molar-refractivity contribution in [1.82, 2.24) is 9.88 Å². The van der Waals surface area contributed by atoms with Crippen LogP contribution in [0.3, 0.4) is 0 Å². The smallest absolute Gasteiger partial charge is 0.0464 e. The van der Waals surface area contributed by atoms with Gasteiger partial charge in [0.15, 0.2) is 0 Å². The highest BCUT2D eigenvalue weighted by molar-refractivity contribution is 5.25. The normalized spacial score (nSPS) is 23.7. The van der Waals surface area contributed by atoms with E-state index in [0.29, 0.717) is 6.04 Å². The highest BCUT2D eigenvalue weighted by Crippen LogP contribution is 2.25. The Bertz CT molecular complexity index is 283. The van der Waals surface area contributed by atoms with E-state index in [2.05, 4.69) is 29.9 Å². The van der Waals surface area contributed by atoms with Gasteiger partial charge < -0.3 is 0 Å². The molecule has 2 rings (SSSR count). The van der Waals surface area contributed by atoms with Gasteiger partial charge in [-0.05, 0) is 25.6 Å². The summed E-state index contributed by atoms with van der Waals surface area (Å²) in [4.78, 5) is 6.74. The second-order valence-electron chi connectivity index (χ2n) is 3.45. The van der Waals surface area contributed by atoms with E-state index in [0.717, 1.165) is 13.0 Å². The zero-order valence-electron chi connectivity index (χ0n) is 7.62. The Morgan fingerprint density at radius 1 is 1.58 bits per heavy atom. The predicted octanol–water partition coefficient (Wildman–Crippen LogP) is 1.63. The van der Waals surface area contributed by atoms with Crippen LogP contribution in [0.1, 0.15) is 24.2 Å². The number of rotatable bonds is 0. The Labute approximate surface area is 73.2 Å². The summed E-state index contributed by atoms with van der Waals surface area (Å²) in [6.45, 7) is 3.37.